The van der Waals surface area contributed by atoms with Crippen LogP contribution < -0.4 is 35.2 Å². The molecule has 0 spiro atoms. The molecule has 0 fully saturated rings. The highest BCUT2D eigenvalue weighted by molar-refractivity contribution is 6.11. The number of carbonyl (C=O) groups is 1. The van der Waals surface area contributed by atoms with Gasteiger partial charge in [0.05, 0.1) is 47.6 Å². The highest BCUT2D eigenvalue weighted by atomic mass is 16.5. The van der Waals surface area contributed by atoms with E-state index in [2.05, 4.69) is 12.1 Å². The van der Waals surface area contributed by atoms with Crippen molar-refractivity contribution in [2.45, 2.75) is 37.8 Å². The summed E-state index contributed by atoms with van der Waals surface area (Å²) in [4.78, 5) is 16.0. The summed E-state index contributed by atoms with van der Waals surface area (Å²) in [6.07, 6.45) is 2.86. The predicted molar refractivity (Wildman–Crippen MR) is 169 cm³/mol. The first-order valence-electron chi connectivity index (χ1n) is 14.6. The van der Waals surface area contributed by atoms with Crippen LogP contribution in [0.2, 0.25) is 0 Å². The van der Waals surface area contributed by atoms with Crippen molar-refractivity contribution in [3.05, 3.63) is 65.2 Å². The molecule has 1 heterocycles. The number of ether oxygens (including phenoxy) is 5. The first-order valence-corrected chi connectivity index (χ1v) is 14.6. The Morgan fingerprint density at radius 3 is 2.14 bits per heavy atom. The van der Waals surface area contributed by atoms with E-state index in [1.807, 2.05) is 41.3 Å². The van der Waals surface area contributed by atoms with Gasteiger partial charge in [-0.05, 0) is 107 Å². The molecule has 1 amide bonds. The Labute approximate surface area is 252 Å². The molecule has 0 saturated heterocycles. The topological polar surface area (TPSA) is 118 Å². The summed E-state index contributed by atoms with van der Waals surface area (Å²) in [5.41, 5.74) is 15.3. The van der Waals surface area contributed by atoms with Crippen LogP contribution in [0.3, 0.4) is 0 Å². The molecule has 0 aromatic heterocycles. The van der Waals surface area contributed by atoms with Gasteiger partial charge in [0, 0.05) is 6.54 Å². The lowest BCUT2D eigenvalue weighted by atomic mass is 9.83. The summed E-state index contributed by atoms with van der Waals surface area (Å²) in [5.74, 6) is 3.15. The number of rotatable bonds is 11. The van der Waals surface area contributed by atoms with Gasteiger partial charge in [0.2, 0.25) is 5.91 Å². The minimum atomic E-state index is -0.632. The van der Waals surface area contributed by atoms with Gasteiger partial charge in [-0.1, -0.05) is 12.5 Å². The molecule has 4 aromatic rings. The van der Waals surface area contributed by atoms with E-state index in [1.54, 1.807) is 35.5 Å². The molecular weight excluding hydrogens is 546 g/mol. The van der Waals surface area contributed by atoms with E-state index >= 15 is 0 Å². The number of hydrogen-bond acceptors (Lipinski definition) is 8. The van der Waals surface area contributed by atoms with Gasteiger partial charge in [-0.3, -0.25) is 4.79 Å². The Kier molecular flexibility index (Phi) is 9.13. The first kappa shape index (κ1) is 30.3. The van der Waals surface area contributed by atoms with Crippen LogP contribution in [-0.4, -0.2) is 65.5 Å². The van der Waals surface area contributed by atoms with Crippen molar-refractivity contribution in [3.63, 3.8) is 0 Å². The van der Waals surface area contributed by atoms with E-state index < -0.39 is 12.1 Å². The Morgan fingerprint density at radius 1 is 0.791 bits per heavy atom. The molecule has 9 heteroatoms. The van der Waals surface area contributed by atoms with Crippen LogP contribution in [0.4, 0.5) is 0 Å². The molecule has 4 aromatic carbocycles. The van der Waals surface area contributed by atoms with Gasteiger partial charge in [-0.15, -0.1) is 0 Å². The van der Waals surface area contributed by atoms with Gasteiger partial charge in [0.15, 0.2) is 23.0 Å². The molecule has 0 bridgehead atoms. The molecule has 2 atom stereocenters. The molecule has 4 N–H and O–H groups in total. The van der Waals surface area contributed by atoms with Crippen LogP contribution in [0.5, 0.6) is 28.7 Å². The normalized spacial score (nSPS) is 15.2. The molecule has 0 radical (unpaired) electrons. The summed E-state index contributed by atoms with van der Waals surface area (Å²) in [6.45, 7) is 1.08. The monoisotopic (exact) mass is 587 g/mol. The lowest BCUT2D eigenvalue weighted by Crippen LogP contribution is -2.48. The summed E-state index contributed by atoms with van der Waals surface area (Å²) in [5, 5.41) is 3.89. The van der Waals surface area contributed by atoms with Crippen LogP contribution in [0.25, 0.3) is 21.5 Å². The minimum absolute atomic E-state index is 0.0865. The van der Waals surface area contributed by atoms with E-state index in [1.165, 1.54) is 0 Å². The SMILES string of the molecule is COc1ccc2c([C@@H]3c4cc(OC)c(OC)cc4CCN3C(=O)[C@@H](N)CCCCN)cc3cc(OC)c(OC)cc3c2c1. The Balaban J connectivity index is 1.79. The smallest absolute Gasteiger partial charge is 0.240 e. The molecule has 0 aliphatic carbocycles. The largest absolute Gasteiger partial charge is 0.497 e. The van der Waals surface area contributed by atoms with Crippen molar-refractivity contribution in [2.75, 3.05) is 48.6 Å². The molecular formula is C34H41N3O6. The maximum absolute atomic E-state index is 14.1. The van der Waals surface area contributed by atoms with E-state index in [0.717, 1.165) is 56.8 Å². The van der Waals surface area contributed by atoms with Crippen molar-refractivity contribution < 1.29 is 28.5 Å². The van der Waals surface area contributed by atoms with Gasteiger partial charge in [-0.25, -0.2) is 0 Å². The lowest BCUT2D eigenvalue weighted by Gasteiger charge is -2.40. The summed E-state index contributed by atoms with van der Waals surface area (Å²) >= 11 is 0. The zero-order valence-electron chi connectivity index (χ0n) is 25.6. The van der Waals surface area contributed by atoms with Crippen molar-refractivity contribution >= 4 is 27.5 Å². The predicted octanol–water partition coefficient (Wildman–Crippen LogP) is 4.97. The molecule has 1 aliphatic heterocycles. The number of carbonyl (C=O) groups excluding carboxylic acids is 1. The van der Waals surface area contributed by atoms with E-state index in [9.17, 15) is 4.79 Å². The van der Waals surface area contributed by atoms with Crippen LogP contribution in [0.15, 0.2) is 48.5 Å². The molecule has 228 valence electrons. The van der Waals surface area contributed by atoms with E-state index in [0.29, 0.717) is 48.9 Å². The number of nitrogens with two attached hydrogens (primary N) is 2. The van der Waals surface area contributed by atoms with Crippen molar-refractivity contribution in [1.82, 2.24) is 4.90 Å². The fraction of sp³-hybridized carbons (Fsp3) is 0.382. The number of hydrogen-bond donors (Lipinski definition) is 2. The fourth-order valence-corrected chi connectivity index (χ4v) is 6.21. The summed E-state index contributed by atoms with van der Waals surface area (Å²) in [6, 6.07) is 15.1. The maximum Gasteiger partial charge on any atom is 0.240 e. The summed E-state index contributed by atoms with van der Waals surface area (Å²) < 4.78 is 28.3. The van der Waals surface area contributed by atoms with Crippen LogP contribution in [-0.2, 0) is 11.2 Å². The van der Waals surface area contributed by atoms with Gasteiger partial charge in [0.1, 0.15) is 5.75 Å². The van der Waals surface area contributed by atoms with Gasteiger partial charge in [-0.2, -0.15) is 0 Å². The Bertz CT molecular complexity index is 1640. The first-order chi connectivity index (χ1) is 20.9. The average molecular weight is 588 g/mol. The Morgan fingerprint density at radius 2 is 1.47 bits per heavy atom. The Hall–Kier alpha value is -4.21. The highest BCUT2D eigenvalue weighted by Gasteiger charge is 2.36. The van der Waals surface area contributed by atoms with Crippen LogP contribution in [0.1, 0.15) is 42.0 Å². The highest BCUT2D eigenvalue weighted by Crippen LogP contribution is 2.46. The van der Waals surface area contributed by atoms with Crippen molar-refractivity contribution in [2.24, 2.45) is 11.5 Å². The average Bonchev–Trinajstić information content (AvgIpc) is 3.05. The maximum atomic E-state index is 14.1. The van der Waals surface area contributed by atoms with Crippen LogP contribution >= 0.6 is 0 Å². The molecule has 9 nitrogen and oxygen atoms in total. The third-order valence-corrected chi connectivity index (χ3v) is 8.43. The molecule has 5 rings (SSSR count). The second kappa shape index (κ2) is 13.0. The molecule has 0 saturated carbocycles. The van der Waals surface area contributed by atoms with Crippen LogP contribution in [0, 0.1) is 0 Å². The number of amides is 1. The van der Waals surface area contributed by atoms with E-state index in [4.69, 9.17) is 35.2 Å². The third kappa shape index (κ3) is 5.62. The second-order valence-corrected chi connectivity index (χ2v) is 10.8. The quantitative estimate of drug-likeness (QED) is 0.187. The lowest BCUT2D eigenvalue weighted by molar-refractivity contribution is -0.134. The number of methoxy groups -OCH3 is 5. The third-order valence-electron chi connectivity index (χ3n) is 8.43. The number of fused-ring (bicyclic) bond motifs is 4. The summed E-state index contributed by atoms with van der Waals surface area (Å²) in [7, 11) is 8.16. The number of unbranched alkanes of at least 4 members (excludes halogenated alkanes) is 1. The van der Waals surface area contributed by atoms with Gasteiger partial charge in [0.25, 0.3) is 0 Å². The molecule has 43 heavy (non-hydrogen) atoms. The molecule has 0 unspecified atom stereocenters. The zero-order valence-corrected chi connectivity index (χ0v) is 25.6. The zero-order chi connectivity index (χ0) is 30.7. The number of nitrogens with zero attached hydrogens (tertiary/aromatic N) is 1. The van der Waals surface area contributed by atoms with E-state index in [-0.39, 0.29) is 5.91 Å². The standard InChI is InChI=1S/C34H41N3O6/c1-39-22-9-10-23-26(17-22)24-18-31(42-4)30(41-3)16-21(24)14-27(23)33-25-19-32(43-5)29(40-2)15-20(25)11-13-37(33)34(38)28(36)8-6-7-12-35/h9-10,14-19,28,33H,6-8,11-13,35-36H2,1-5H3/t28-,33-/m0/s1. The number of benzene rings is 4. The fourth-order valence-electron chi connectivity index (χ4n) is 6.21. The second-order valence-electron chi connectivity index (χ2n) is 10.8. The van der Waals surface area contributed by atoms with Gasteiger partial charge >= 0.3 is 0 Å². The molecule has 1 aliphatic rings. The van der Waals surface area contributed by atoms with Gasteiger partial charge < -0.3 is 40.1 Å². The van der Waals surface area contributed by atoms with Crippen molar-refractivity contribution in [1.29, 1.82) is 0 Å². The minimum Gasteiger partial charge on any atom is -0.497 e. The van der Waals surface area contributed by atoms with Crippen molar-refractivity contribution in [3.8, 4) is 28.7 Å².